The second kappa shape index (κ2) is 3.99. The Balaban J connectivity index is 1.92. The van der Waals surface area contributed by atoms with Crippen molar-refractivity contribution in [3.05, 3.63) is 15.9 Å². The highest BCUT2D eigenvalue weighted by Gasteiger charge is 2.31. The van der Waals surface area contributed by atoms with Crippen molar-refractivity contribution in [2.45, 2.75) is 19.0 Å². The van der Waals surface area contributed by atoms with Gasteiger partial charge in [0.2, 0.25) is 0 Å². The normalized spacial score (nSPS) is 19.9. The number of aromatic nitrogens is 2. The van der Waals surface area contributed by atoms with Crippen LogP contribution >= 0.6 is 15.9 Å². The summed E-state index contributed by atoms with van der Waals surface area (Å²) < 4.78 is 7.91. The second-order valence-electron chi connectivity index (χ2n) is 4.31. The highest BCUT2D eigenvalue weighted by molar-refractivity contribution is 9.10. The van der Waals surface area contributed by atoms with Crippen LogP contribution in [0.2, 0.25) is 0 Å². The number of amides is 1. The first-order valence-electron chi connectivity index (χ1n) is 5.48. The molecular formula is C10H12BrN3O3. The number of carboxylic acid groups (broad SMARTS) is 1. The summed E-state index contributed by atoms with van der Waals surface area (Å²) in [4.78, 5) is 12.4. The zero-order chi connectivity index (χ0) is 12.0. The molecule has 0 aromatic carbocycles. The molecule has 92 valence electrons. The average Bonchev–Trinajstić information content (AvgIpc) is 2.54. The molecule has 0 radical (unpaired) electrons. The summed E-state index contributed by atoms with van der Waals surface area (Å²) >= 11 is 3.41. The molecule has 3 rings (SSSR count). The van der Waals surface area contributed by atoms with Crippen LogP contribution < -0.4 is 0 Å². The van der Waals surface area contributed by atoms with Crippen LogP contribution in [0.4, 0.5) is 4.79 Å². The summed E-state index contributed by atoms with van der Waals surface area (Å²) in [6.07, 6.45) is -0.154. The van der Waals surface area contributed by atoms with Gasteiger partial charge in [0.05, 0.1) is 25.8 Å². The van der Waals surface area contributed by atoms with Gasteiger partial charge in [0.25, 0.3) is 0 Å². The van der Waals surface area contributed by atoms with Gasteiger partial charge in [-0.15, -0.1) is 0 Å². The number of nitrogens with zero attached hydrogens (tertiary/aromatic N) is 3. The number of hydrogen-bond donors (Lipinski definition) is 1. The quantitative estimate of drug-likeness (QED) is 0.848. The van der Waals surface area contributed by atoms with Crippen molar-refractivity contribution >= 4 is 22.0 Å². The lowest BCUT2D eigenvalue weighted by molar-refractivity contribution is -0.0302. The van der Waals surface area contributed by atoms with Crippen molar-refractivity contribution < 1.29 is 14.6 Å². The smallest absolute Gasteiger partial charge is 0.407 e. The third-order valence-electron chi connectivity index (χ3n) is 3.27. The van der Waals surface area contributed by atoms with Crippen molar-refractivity contribution in [1.29, 1.82) is 0 Å². The van der Waals surface area contributed by atoms with E-state index in [-0.39, 0.29) is 0 Å². The monoisotopic (exact) mass is 301 g/mol. The summed E-state index contributed by atoms with van der Waals surface area (Å²) in [5.74, 6) is 0. The van der Waals surface area contributed by atoms with Crippen molar-refractivity contribution in [3.63, 3.8) is 0 Å². The molecule has 0 bridgehead atoms. The van der Waals surface area contributed by atoms with Gasteiger partial charge in [-0.05, 0) is 15.9 Å². The second-order valence-corrected chi connectivity index (χ2v) is 5.06. The minimum absolute atomic E-state index is 0.312. The molecule has 7 heteroatoms. The summed E-state index contributed by atoms with van der Waals surface area (Å²) in [7, 11) is 0. The first-order valence-corrected chi connectivity index (χ1v) is 6.27. The van der Waals surface area contributed by atoms with Crippen molar-refractivity contribution in [2.24, 2.45) is 0 Å². The Morgan fingerprint density at radius 1 is 1.53 bits per heavy atom. The van der Waals surface area contributed by atoms with Gasteiger partial charge in [-0.1, -0.05) is 0 Å². The molecule has 2 aliphatic rings. The molecule has 0 aliphatic carbocycles. The van der Waals surface area contributed by atoms with Crippen LogP contribution in [-0.4, -0.2) is 45.6 Å². The van der Waals surface area contributed by atoms with Gasteiger partial charge in [0, 0.05) is 24.2 Å². The van der Waals surface area contributed by atoms with Crippen molar-refractivity contribution in [1.82, 2.24) is 14.7 Å². The number of fused-ring (bicyclic) bond motifs is 1. The highest BCUT2D eigenvalue weighted by Crippen LogP contribution is 2.30. The Kier molecular flexibility index (Phi) is 2.59. The Morgan fingerprint density at radius 3 is 2.88 bits per heavy atom. The standard InChI is InChI=1S/C10H12BrN3O3/c11-9-7-3-13(10(15)16)2-1-8(7)14(12-9)6-4-17-5-6/h6H,1-5H2,(H,15,16). The van der Waals surface area contributed by atoms with Crippen LogP contribution in [0.3, 0.4) is 0 Å². The van der Waals surface area contributed by atoms with E-state index >= 15 is 0 Å². The Labute approximate surface area is 106 Å². The molecule has 1 N–H and O–H groups in total. The zero-order valence-electron chi connectivity index (χ0n) is 9.10. The Hall–Kier alpha value is -1.08. The highest BCUT2D eigenvalue weighted by atomic mass is 79.9. The van der Waals surface area contributed by atoms with Gasteiger partial charge in [-0.2, -0.15) is 5.10 Å². The minimum Gasteiger partial charge on any atom is -0.465 e. The molecule has 6 nitrogen and oxygen atoms in total. The van der Waals surface area contributed by atoms with E-state index < -0.39 is 6.09 Å². The number of halogens is 1. The Bertz CT molecular complexity index is 470. The van der Waals surface area contributed by atoms with Crippen LogP contribution in [0.25, 0.3) is 0 Å². The van der Waals surface area contributed by atoms with E-state index in [1.54, 1.807) is 0 Å². The SMILES string of the molecule is O=C(O)N1CCc2c(c(Br)nn2C2COC2)C1. The molecule has 0 atom stereocenters. The van der Waals surface area contributed by atoms with Crippen LogP contribution in [-0.2, 0) is 17.7 Å². The maximum Gasteiger partial charge on any atom is 0.407 e. The molecule has 1 saturated heterocycles. The van der Waals surface area contributed by atoms with E-state index in [0.717, 1.165) is 22.3 Å². The first kappa shape index (κ1) is 11.0. The average molecular weight is 302 g/mol. The molecule has 17 heavy (non-hydrogen) atoms. The van der Waals surface area contributed by atoms with Gasteiger partial charge >= 0.3 is 6.09 Å². The lowest BCUT2D eigenvalue weighted by Gasteiger charge is -2.30. The topological polar surface area (TPSA) is 67.6 Å². The molecule has 3 heterocycles. The van der Waals surface area contributed by atoms with Crippen molar-refractivity contribution in [3.8, 4) is 0 Å². The molecule has 2 aliphatic heterocycles. The van der Waals surface area contributed by atoms with Crippen LogP contribution in [0.5, 0.6) is 0 Å². The van der Waals surface area contributed by atoms with Gasteiger partial charge in [0.1, 0.15) is 4.60 Å². The zero-order valence-corrected chi connectivity index (χ0v) is 10.7. The molecular weight excluding hydrogens is 290 g/mol. The third kappa shape index (κ3) is 1.73. The molecule has 1 amide bonds. The fraction of sp³-hybridized carbons (Fsp3) is 0.600. The van der Waals surface area contributed by atoms with Gasteiger partial charge in [0.15, 0.2) is 0 Å². The summed E-state index contributed by atoms with van der Waals surface area (Å²) in [5, 5.41) is 13.4. The van der Waals surface area contributed by atoms with E-state index in [4.69, 9.17) is 9.84 Å². The van der Waals surface area contributed by atoms with Crippen molar-refractivity contribution in [2.75, 3.05) is 19.8 Å². The lowest BCUT2D eigenvalue weighted by Crippen LogP contribution is -2.37. The largest absolute Gasteiger partial charge is 0.465 e. The van der Waals surface area contributed by atoms with E-state index in [1.807, 2.05) is 4.68 Å². The summed E-state index contributed by atoms with van der Waals surface area (Å²) in [6, 6.07) is 0.312. The number of rotatable bonds is 1. The molecule has 0 unspecified atom stereocenters. The molecule has 1 aromatic heterocycles. The van der Waals surface area contributed by atoms with Crippen LogP contribution in [0, 0.1) is 0 Å². The minimum atomic E-state index is -0.873. The van der Waals surface area contributed by atoms with E-state index in [1.165, 1.54) is 4.90 Å². The Morgan fingerprint density at radius 2 is 2.29 bits per heavy atom. The fourth-order valence-corrected chi connectivity index (χ4v) is 2.76. The number of ether oxygens (including phenoxy) is 1. The van der Waals surface area contributed by atoms with Crippen LogP contribution in [0.15, 0.2) is 4.60 Å². The predicted octanol–water partition coefficient (Wildman–Crippen LogP) is 1.25. The predicted molar refractivity (Wildman–Crippen MR) is 61.9 cm³/mol. The molecule has 1 aromatic rings. The first-order chi connectivity index (χ1) is 8.16. The van der Waals surface area contributed by atoms with E-state index in [0.29, 0.717) is 32.3 Å². The van der Waals surface area contributed by atoms with Crippen LogP contribution in [0.1, 0.15) is 17.3 Å². The van der Waals surface area contributed by atoms with Gasteiger partial charge in [-0.25, -0.2) is 4.79 Å². The number of carbonyl (C=O) groups is 1. The molecule has 0 saturated carbocycles. The van der Waals surface area contributed by atoms with E-state index in [2.05, 4.69) is 21.0 Å². The lowest BCUT2D eigenvalue weighted by atomic mass is 10.1. The summed E-state index contributed by atoms with van der Waals surface area (Å²) in [5.41, 5.74) is 2.13. The van der Waals surface area contributed by atoms with E-state index in [9.17, 15) is 4.79 Å². The molecule has 1 fully saturated rings. The summed E-state index contributed by atoms with van der Waals surface area (Å²) in [6.45, 7) is 2.35. The van der Waals surface area contributed by atoms with Gasteiger partial charge < -0.3 is 14.7 Å². The molecule has 0 spiro atoms. The number of hydrogen-bond acceptors (Lipinski definition) is 3. The fourth-order valence-electron chi connectivity index (χ4n) is 2.24. The maximum atomic E-state index is 10.9. The van der Waals surface area contributed by atoms with Gasteiger partial charge in [-0.3, -0.25) is 4.68 Å². The maximum absolute atomic E-state index is 10.9. The third-order valence-corrected chi connectivity index (χ3v) is 3.91.